The normalized spacial score (nSPS) is 23.9. The highest BCUT2D eigenvalue weighted by atomic mass is 32.2. The summed E-state index contributed by atoms with van der Waals surface area (Å²) < 4.78 is 7.02. The first-order chi connectivity index (χ1) is 8.54. The predicted octanol–water partition coefficient (Wildman–Crippen LogP) is 0.915. The van der Waals surface area contributed by atoms with Crippen LogP contribution >= 0.6 is 11.8 Å². The fourth-order valence-electron chi connectivity index (χ4n) is 2.18. The van der Waals surface area contributed by atoms with E-state index in [4.69, 9.17) is 9.84 Å². The number of aryl methyl sites for hydroxylation is 2. The number of carbonyl (C=O) groups is 1. The van der Waals surface area contributed by atoms with Crippen LogP contribution in [0.15, 0.2) is 0 Å². The molecule has 1 aromatic heterocycles. The van der Waals surface area contributed by atoms with Crippen LogP contribution < -0.4 is 10.1 Å². The highest BCUT2D eigenvalue weighted by Gasteiger charge is 2.31. The molecule has 1 aromatic rings. The van der Waals surface area contributed by atoms with Gasteiger partial charge in [-0.2, -0.15) is 5.10 Å². The molecule has 1 fully saturated rings. The lowest BCUT2D eigenvalue weighted by Crippen LogP contribution is -2.42. The maximum atomic E-state index is 11.1. The Morgan fingerprint density at radius 1 is 1.67 bits per heavy atom. The van der Waals surface area contributed by atoms with Crippen molar-refractivity contribution >= 4 is 17.7 Å². The molecule has 2 unspecified atom stereocenters. The van der Waals surface area contributed by atoms with Crippen molar-refractivity contribution in [1.29, 1.82) is 0 Å². The summed E-state index contributed by atoms with van der Waals surface area (Å²) in [7, 11) is 3.42. The van der Waals surface area contributed by atoms with Crippen molar-refractivity contribution in [2.75, 3.05) is 12.9 Å². The molecule has 0 aromatic carbocycles. The molecule has 2 heterocycles. The molecule has 2 N–H and O–H groups in total. The van der Waals surface area contributed by atoms with Crippen molar-refractivity contribution in [3.63, 3.8) is 0 Å². The van der Waals surface area contributed by atoms with E-state index in [1.165, 1.54) is 0 Å². The van der Waals surface area contributed by atoms with Crippen molar-refractivity contribution in [2.45, 2.75) is 24.8 Å². The molecule has 2 rings (SSSR count). The van der Waals surface area contributed by atoms with Gasteiger partial charge in [-0.05, 0) is 19.1 Å². The minimum Gasteiger partial charge on any atom is -0.481 e. The van der Waals surface area contributed by atoms with E-state index in [1.54, 1.807) is 23.6 Å². The van der Waals surface area contributed by atoms with E-state index in [0.29, 0.717) is 12.3 Å². The van der Waals surface area contributed by atoms with Gasteiger partial charge in [0.15, 0.2) is 0 Å². The van der Waals surface area contributed by atoms with Gasteiger partial charge in [-0.25, -0.2) is 4.68 Å². The van der Waals surface area contributed by atoms with Gasteiger partial charge in [0.2, 0.25) is 5.88 Å². The van der Waals surface area contributed by atoms with Gasteiger partial charge in [-0.1, -0.05) is 0 Å². The van der Waals surface area contributed by atoms with Gasteiger partial charge in [-0.15, -0.1) is 11.8 Å². The van der Waals surface area contributed by atoms with Gasteiger partial charge in [0.1, 0.15) is 6.04 Å². The second kappa shape index (κ2) is 5.19. The SMILES string of the molecule is COc1c(C2NC(C(=O)O)CCS2)c(C)nn1C. The summed E-state index contributed by atoms with van der Waals surface area (Å²) in [5.74, 6) is 0.691. The highest BCUT2D eigenvalue weighted by molar-refractivity contribution is 7.99. The highest BCUT2D eigenvalue weighted by Crippen LogP contribution is 2.38. The fourth-order valence-corrected chi connectivity index (χ4v) is 3.48. The van der Waals surface area contributed by atoms with E-state index >= 15 is 0 Å². The Morgan fingerprint density at radius 3 is 3.00 bits per heavy atom. The van der Waals surface area contributed by atoms with Crippen LogP contribution in [0.5, 0.6) is 5.88 Å². The lowest BCUT2D eigenvalue weighted by atomic mass is 10.2. The number of nitrogens with one attached hydrogen (secondary N) is 1. The van der Waals surface area contributed by atoms with Crippen LogP contribution in [-0.2, 0) is 11.8 Å². The molecule has 0 spiro atoms. The van der Waals surface area contributed by atoms with Gasteiger partial charge in [0, 0.05) is 7.05 Å². The van der Waals surface area contributed by atoms with Gasteiger partial charge >= 0.3 is 5.97 Å². The molecule has 18 heavy (non-hydrogen) atoms. The van der Waals surface area contributed by atoms with Gasteiger partial charge in [-0.3, -0.25) is 10.1 Å². The lowest BCUT2D eigenvalue weighted by Gasteiger charge is -2.28. The Balaban J connectivity index is 2.28. The number of methoxy groups -OCH3 is 1. The molecule has 100 valence electrons. The number of thioether (sulfide) groups is 1. The maximum Gasteiger partial charge on any atom is 0.320 e. The zero-order chi connectivity index (χ0) is 13.3. The largest absolute Gasteiger partial charge is 0.481 e. The third-order valence-corrected chi connectivity index (χ3v) is 4.19. The lowest BCUT2D eigenvalue weighted by molar-refractivity contribution is -0.139. The van der Waals surface area contributed by atoms with E-state index in [2.05, 4.69) is 10.4 Å². The monoisotopic (exact) mass is 271 g/mol. The van der Waals surface area contributed by atoms with Crippen LogP contribution in [0.3, 0.4) is 0 Å². The average Bonchev–Trinajstić information content (AvgIpc) is 2.63. The third-order valence-electron chi connectivity index (χ3n) is 3.01. The second-order valence-electron chi connectivity index (χ2n) is 4.23. The van der Waals surface area contributed by atoms with Gasteiger partial charge in [0.05, 0.1) is 23.7 Å². The molecule has 7 heteroatoms. The summed E-state index contributed by atoms with van der Waals surface area (Å²) in [5, 5.41) is 16.4. The number of rotatable bonds is 3. The summed E-state index contributed by atoms with van der Waals surface area (Å²) in [4.78, 5) is 11.1. The number of nitrogens with zero attached hydrogens (tertiary/aromatic N) is 2. The predicted molar refractivity (Wildman–Crippen MR) is 68.9 cm³/mol. The van der Waals surface area contributed by atoms with Crippen LogP contribution in [0.2, 0.25) is 0 Å². The van der Waals surface area contributed by atoms with Crippen molar-refractivity contribution < 1.29 is 14.6 Å². The van der Waals surface area contributed by atoms with E-state index < -0.39 is 12.0 Å². The number of ether oxygens (including phenoxy) is 1. The van der Waals surface area contributed by atoms with E-state index in [0.717, 1.165) is 17.0 Å². The van der Waals surface area contributed by atoms with Crippen LogP contribution in [0, 0.1) is 6.92 Å². The fraction of sp³-hybridized carbons (Fsp3) is 0.636. The van der Waals surface area contributed by atoms with Crippen molar-refractivity contribution in [3.05, 3.63) is 11.3 Å². The van der Waals surface area contributed by atoms with Crippen molar-refractivity contribution in [3.8, 4) is 5.88 Å². The molecule has 1 aliphatic heterocycles. The first kappa shape index (κ1) is 13.2. The van der Waals surface area contributed by atoms with Crippen molar-refractivity contribution in [1.82, 2.24) is 15.1 Å². The molecule has 6 nitrogen and oxygen atoms in total. The Hall–Kier alpha value is -1.21. The minimum absolute atomic E-state index is 0.0801. The molecule has 0 aliphatic carbocycles. The summed E-state index contributed by atoms with van der Waals surface area (Å²) in [5.41, 5.74) is 1.81. The molecule has 1 saturated heterocycles. The van der Waals surface area contributed by atoms with Crippen LogP contribution in [0.1, 0.15) is 23.1 Å². The average molecular weight is 271 g/mol. The molecule has 0 bridgehead atoms. The Labute approximate surface area is 110 Å². The Bertz CT molecular complexity index is 461. The van der Waals surface area contributed by atoms with Crippen LogP contribution in [-0.4, -0.2) is 39.8 Å². The summed E-state index contributed by atoms with van der Waals surface area (Å²) >= 11 is 1.69. The zero-order valence-electron chi connectivity index (χ0n) is 10.6. The van der Waals surface area contributed by atoms with E-state index in [9.17, 15) is 4.79 Å². The Morgan fingerprint density at radius 2 is 2.39 bits per heavy atom. The first-order valence-electron chi connectivity index (χ1n) is 5.72. The molecule has 2 atom stereocenters. The number of carboxylic acid groups (broad SMARTS) is 1. The van der Waals surface area contributed by atoms with E-state index in [-0.39, 0.29) is 5.37 Å². The smallest absolute Gasteiger partial charge is 0.320 e. The zero-order valence-corrected chi connectivity index (χ0v) is 11.5. The quantitative estimate of drug-likeness (QED) is 0.851. The number of hydrogen-bond acceptors (Lipinski definition) is 5. The number of hydrogen-bond donors (Lipinski definition) is 2. The Kier molecular flexibility index (Phi) is 3.82. The standard InChI is InChI=1S/C11H17N3O3S/c1-6-8(10(17-3)14(2)13-6)9-12-7(11(15)16)4-5-18-9/h7,9,12H,4-5H2,1-3H3,(H,15,16). The van der Waals surface area contributed by atoms with Gasteiger partial charge < -0.3 is 9.84 Å². The maximum absolute atomic E-state index is 11.1. The molecule has 1 aliphatic rings. The van der Waals surface area contributed by atoms with E-state index in [1.807, 2.05) is 14.0 Å². The molecule has 0 amide bonds. The first-order valence-corrected chi connectivity index (χ1v) is 6.77. The second-order valence-corrected chi connectivity index (χ2v) is 5.44. The summed E-state index contributed by atoms with van der Waals surface area (Å²) in [6.07, 6.45) is 0.637. The van der Waals surface area contributed by atoms with Gasteiger partial charge in [0.25, 0.3) is 0 Å². The topological polar surface area (TPSA) is 76.4 Å². The molecular formula is C11H17N3O3S. The number of aromatic nitrogens is 2. The summed E-state index contributed by atoms with van der Waals surface area (Å²) in [6, 6.07) is -0.499. The number of aliphatic carboxylic acids is 1. The third kappa shape index (κ3) is 2.32. The molecule has 0 radical (unpaired) electrons. The number of carboxylic acids is 1. The van der Waals surface area contributed by atoms with Crippen LogP contribution in [0.25, 0.3) is 0 Å². The summed E-state index contributed by atoms with van der Waals surface area (Å²) in [6.45, 7) is 1.91. The minimum atomic E-state index is -0.805. The van der Waals surface area contributed by atoms with Crippen molar-refractivity contribution in [2.24, 2.45) is 7.05 Å². The van der Waals surface area contributed by atoms with Crippen LogP contribution in [0.4, 0.5) is 0 Å². The molecular weight excluding hydrogens is 254 g/mol. The molecule has 0 saturated carbocycles.